The van der Waals surface area contributed by atoms with E-state index in [1.54, 1.807) is 16.6 Å². The number of nitrogens with zero attached hydrogens (tertiary/aromatic N) is 2. The van der Waals surface area contributed by atoms with Crippen LogP contribution >= 0.6 is 0 Å². The third-order valence-corrected chi connectivity index (χ3v) is 9.53. The SMILES string of the molecule is CCC1C(OCc2ccc(OC)cc2)OC(=O)C[C@H]1C[C@@H]1c2c(c3ccccc3n2C(=O)OC(C)(C)C)CCN1C(=O)OCc1ccccc1. The zero-order valence-corrected chi connectivity index (χ0v) is 29.4. The summed E-state index contributed by atoms with van der Waals surface area (Å²) in [5, 5.41) is 0.937. The van der Waals surface area contributed by atoms with Gasteiger partial charge in [0.05, 0.1) is 31.0 Å². The zero-order valence-electron chi connectivity index (χ0n) is 29.4. The molecule has 3 aromatic carbocycles. The van der Waals surface area contributed by atoms with Crippen LogP contribution in [0.1, 0.15) is 75.4 Å². The number of hydrogen-bond donors (Lipinski definition) is 0. The first-order valence-electron chi connectivity index (χ1n) is 17.3. The highest BCUT2D eigenvalue weighted by Crippen LogP contribution is 2.45. The van der Waals surface area contributed by atoms with Crippen LogP contribution in [0, 0.1) is 11.8 Å². The van der Waals surface area contributed by atoms with Gasteiger partial charge in [0.25, 0.3) is 0 Å². The van der Waals surface area contributed by atoms with Gasteiger partial charge in [-0.2, -0.15) is 0 Å². The van der Waals surface area contributed by atoms with Crippen molar-refractivity contribution in [1.29, 1.82) is 0 Å². The number of amides is 1. The second kappa shape index (κ2) is 15.0. The highest BCUT2D eigenvalue weighted by atomic mass is 16.7. The molecule has 10 nitrogen and oxygen atoms in total. The van der Waals surface area contributed by atoms with Crippen LogP contribution in [0.4, 0.5) is 9.59 Å². The molecule has 3 heterocycles. The first kappa shape index (κ1) is 35.0. The summed E-state index contributed by atoms with van der Waals surface area (Å²) in [5.74, 6) is 0.0126. The molecule has 1 fully saturated rings. The van der Waals surface area contributed by atoms with E-state index in [1.807, 2.05) is 99.6 Å². The Bertz CT molecular complexity index is 1810. The number of ether oxygens (including phenoxy) is 5. The van der Waals surface area contributed by atoms with E-state index in [4.69, 9.17) is 23.7 Å². The van der Waals surface area contributed by atoms with Crippen molar-refractivity contribution >= 4 is 29.1 Å². The Morgan fingerprint density at radius 1 is 0.900 bits per heavy atom. The highest BCUT2D eigenvalue weighted by molar-refractivity contribution is 5.94. The van der Waals surface area contributed by atoms with Gasteiger partial charge >= 0.3 is 18.2 Å². The monoisotopic (exact) mass is 682 g/mol. The van der Waals surface area contributed by atoms with Crippen molar-refractivity contribution in [3.05, 3.63) is 101 Å². The highest BCUT2D eigenvalue weighted by Gasteiger charge is 2.45. The van der Waals surface area contributed by atoms with E-state index in [-0.39, 0.29) is 37.4 Å². The van der Waals surface area contributed by atoms with Crippen LogP contribution in [0.15, 0.2) is 78.9 Å². The molecule has 2 unspecified atom stereocenters. The summed E-state index contributed by atoms with van der Waals surface area (Å²) in [6.45, 7) is 8.30. The van der Waals surface area contributed by atoms with E-state index in [0.29, 0.717) is 37.0 Å². The number of cyclic esters (lactones) is 1. The van der Waals surface area contributed by atoms with E-state index < -0.39 is 30.1 Å². The molecule has 0 saturated carbocycles. The van der Waals surface area contributed by atoms with Gasteiger partial charge in [0.1, 0.15) is 18.0 Å². The molecule has 1 amide bonds. The number of esters is 1. The number of fused-ring (bicyclic) bond motifs is 3. The van der Waals surface area contributed by atoms with Gasteiger partial charge < -0.3 is 23.7 Å². The summed E-state index contributed by atoms with van der Waals surface area (Å²) < 4.78 is 30.8. The molecule has 6 rings (SSSR count). The molecule has 4 aromatic rings. The Labute approximate surface area is 293 Å². The van der Waals surface area contributed by atoms with Gasteiger partial charge in [0, 0.05) is 24.3 Å². The Kier molecular flexibility index (Phi) is 10.5. The molecule has 0 N–H and O–H groups in total. The van der Waals surface area contributed by atoms with Gasteiger partial charge in [-0.05, 0) is 80.8 Å². The summed E-state index contributed by atoms with van der Waals surface area (Å²) in [6, 6.07) is 24.3. The second-order valence-corrected chi connectivity index (χ2v) is 14.0. The molecule has 264 valence electrons. The van der Waals surface area contributed by atoms with Crippen molar-refractivity contribution in [3.63, 3.8) is 0 Å². The largest absolute Gasteiger partial charge is 0.497 e. The zero-order chi connectivity index (χ0) is 35.4. The van der Waals surface area contributed by atoms with Crippen molar-refractivity contribution in [3.8, 4) is 5.75 Å². The number of carbonyl (C=O) groups excluding carboxylic acids is 3. The van der Waals surface area contributed by atoms with Gasteiger partial charge in [-0.25, -0.2) is 14.2 Å². The number of aromatic nitrogens is 1. The molecular weight excluding hydrogens is 636 g/mol. The number of rotatable bonds is 9. The predicted octanol–water partition coefficient (Wildman–Crippen LogP) is 8.19. The summed E-state index contributed by atoms with van der Waals surface area (Å²) in [4.78, 5) is 42.9. The molecule has 0 spiro atoms. The molecule has 2 aliphatic heterocycles. The minimum Gasteiger partial charge on any atom is -0.497 e. The van der Waals surface area contributed by atoms with E-state index in [2.05, 4.69) is 6.92 Å². The first-order valence-corrected chi connectivity index (χ1v) is 17.3. The summed E-state index contributed by atoms with van der Waals surface area (Å²) in [5.41, 5.74) is 3.44. The standard InChI is InChI=1S/C40H46N2O8/c1-6-30-28(23-35(43)49-37(30)47-24-27-16-18-29(46-5)19-17-27)22-34-36-32(20-21-41(34)38(44)48-25-26-12-8-7-9-13-26)31-14-10-11-15-33(31)42(36)39(45)50-40(2,3)4/h7-19,28,30,34,37H,6,20-25H2,1-5H3/t28-,30?,34-,37?/m1/s1. The van der Waals surface area contributed by atoms with Gasteiger partial charge in [0.15, 0.2) is 0 Å². The Hall–Kier alpha value is -4.83. The average molecular weight is 683 g/mol. The molecule has 1 saturated heterocycles. The number of para-hydroxylation sites is 1. The number of methoxy groups -OCH3 is 1. The smallest absolute Gasteiger partial charge is 0.419 e. The topological polar surface area (TPSA) is 106 Å². The van der Waals surface area contributed by atoms with E-state index in [0.717, 1.165) is 27.8 Å². The van der Waals surface area contributed by atoms with Gasteiger partial charge in [0.2, 0.25) is 6.29 Å². The molecule has 2 aliphatic rings. The lowest BCUT2D eigenvalue weighted by atomic mass is 9.78. The van der Waals surface area contributed by atoms with Crippen molar-refractivity contribution < 1.29 is 38.1 Å². The number of hydrogen-bond acceptors (Lipinski definition) is 8. The van der Waals surface area contributed by atoms with Gasteiger partial charge in [-0.1, -0.05) is 67.6 Å². The Morgan fingerprint density at radius 3 is 2.30 bits per heavy atom. The molecule has 0 bridgehead atoms. The van der Waals surface area contributed by atoms with Crippen molar-refractivity contribution in [2.75, 3.05) is 13.7 Å². The molecule has 10 heteroatoms. The van der Waals surface area contributed by atoms with Crippen LogP contribution in [-0.2, 0) is 43.4 Å². The lowest BCUT2D eigenvalue weighted by Crippen LogP contribution is -2.46. The predicted molar refractivity (Wildman–Crippen MR) is 188 cm³/mol. The average Bonchev–Trinajstić information content (AvgIpc) is 3.45. The van der Waals surface area contributed by atoms with Crippen molar-refractivity contribution in [2.45, 2.75) is 84.5 Å². The summed E-state index contributed by atoms with van der Waals surface area (Å²) in [7, 11) is 1.62. The minimum absolute atomic E-state index is 0.111. The van der Waals surface area contributed by atoms with Crippen LogP contribution in [0.3, 0.4) is 0 Å². The maximum absolute atomic E-state index is 14.0. The van der Waals surface area contributed by atoms with Crippen LogP contribution in [0.25, 0.3) is 10.9 Å². The summed E-state index contributed by atoms with van der Waals surface area (Å²) >= 11 is 0. The molecule has 50 heavy (non-hydrogen) atoms. The third kappa shape index (κ3) is 7.65. The van der Waals surface area contributed by atoms with E-state index >= 15 is 0 Å². The Balaban J connectivity index is 1.36. The van der Waals surface area contributed by atoms with Crippen LogP contribution in [0.5, 0.6) is 5.75 Å². The van der Waals surface area contributed by atoms with Gasteiger partial charge in [-0.3, -0.25) is 9.69 Å². The molecular formula is C40H46N2O8. The first-order chi connectivity index (χ1) is 24.1. The fourth-order valence-corrected chi connectivity index (χ4v) is 7.22. The van der Waals surface area contributed by atoms with Crippen LogP contribution in [0.2, 0.25) is 0 Å². The third-order valence-electron chi connectivity index (χ3n) is 9.53. The second-order valence-electron chi connectivity index (χ2n) is 14.0. The lowest BCUT2D eigenvalue weighted by Gasteiger charge is -2.42. The lowest BCUT2D eigenvalue weighted by molar-refractivity contribution is -0.217. The molecule has 0 aliphatic carbocycles. The molecule has 1 aromatic heterocycles. The van der Waals surface area contributed by atoms with Crippen LogP contribution in [-0.4, -0.2) is 53.2 Å². The quantitative estimate of drug-likeness (QED) is 0.129. The number of benzene rings is 3. The van der Waals surface area contributed by atoms with Crippen LogP contribution < -0.4 is 4.74 Å². The van der Waals surface area contributed by atoms with E-state index in [1.165, 1.54) is 0 Å². The number of carbonyl (C=O) groups is 3. The minimum atomic E-state index is -0.772. The molecule has 0 radical (unpaired) electrons. The Morgan fingerprint density at radius 2 is 1.60 bits per heavy atom. The molecule has 4 atom stereocenters. The fraction of sp³-hybridized carbons (Fsp3) is 0.425. The van der Waals surface area contributed by atoms with Crippen molar-refractivity contribution in [1.82, 2.24) is 9.47 Å². The van der Waals surface area contributed by atoms with Crippen molar-refractivity contribution in [2.24, 2.45) is 11.8 Å². The van der Waals surface area contributed by atoms with Gasteiger partial charge in [-0.15, -0.1) is 0 Å². The maximum atomic E-state index is 14.0. The normalized spacial score (nSPS) is 20.6. The fourth-order valence-electron chi connectivity index (χ4n) is 7.22. The maximum Gasteiger partial charge on any atom is 0.419 e. The van der Waals surface area contributed by atoms with E-state index in [9.17, 15) is 14.4 Å². The summed E-state index contributed by atoms with van der Waals surface area (Å²) in [6.07, 6.45) is -0.0149.